The highest BCUT2D eigenvalue weighted by molar-refractivity contribution is 6.13. The molecule has 45 heavy (non-hydrogen) atoms. The Morgan fingerprint density at radius 2 is 1.56 bits per heavy atom. The van der Waals surface area contributed by atoms with Crippen molar-refractivity contribution in [2.24, 2.45) is 0 Å². The van der Waals surface area contributed by atoms with E-state index in [4.69, 9.17) is 14.2 Å². The number of hydrogen-bond donors (Lipinski definition) is 2. The van der Waals surface area contributed by atoms with Crippen molar-refractivity contribution < 1.29 is 23.8 Å². The molecule has 1 aromatic heterocycles. The fourth-order valence-corrected chi connectivity index (χ4v) is 5.44. The fourth-order valence-electron chi connectivity index (χ4n) is 5.44. The second kappa shape index (κ2) is 13.5. The van der Waals surface area contributed by atoms with Crippen molar-refractivity contribution in [3.63, 3.8) is 0 Å². The van der Waals surface area contributed by atoms with E-state index in [-0.39, 0.29) is 11.8 Å². The van der Waals surface area contributed by atoms with Gasteiger partial charge in [-0.3, -0.25) is 19.5 Å². The maximum Gasteiger partial charge on any atom is 0.257 e. The van der Waals surface area contributed by atoms with Crippen LogP contribution in [0.2, 0.25) is 0 Å². The molecule has 2 N–H and O–H groups in total. The van der Waals surface area contributed by atoms with E-state index in [0.717, 1.165) is 48.5 Å². The number of rotatable bonds is 10. The minimum atomic E-state index is -0.344. The van der Waals surface area contributed by atoms with E-state index in [1.807, 2.05) is 36.4 Å². The number of nitrogens with zero attached hydrogens (tertiary/aromatic N) is 2. The first-order valence-corrected chi connectivity index (χ1v) is 14.8. The molecule has 9 nitrogen and oxygen atoms in total. The van der Waals surface area contributed by atoms with E-state index in [1.165, 1.54) is 17.3 Å². The normalized spacial score (nSPS) is 12.7. The predicted molar refractivity (Wildman–Crippen MR) is 175 cm³/mol. The fraction of sp³-hybridized carbons (Fsp3) is 0.194. The van der Waals surface area contributed by atoms with Gasteiger partial charge in [0, 0.05) is 36.9 Å². The molecule has 4 aromatic carbocycles. The molecule has 0 atom stereocenters. The number of pyridine rings is 1. The summed E-state index contributed by atoms with van der Waals surface area (Å²) in [6.07, 6.45) is 2.47. The Labute approximate surface area is 261 Å². The Kier molecular flexibility index (Phi) is 8.89. The molecule has 2 amide bonds. The maximum absolute atomic E-state index is 13.2. The molecule has 6 rings (SSSR count). The number of hydrogen-bond acceptors (Lipinski definition) is 7. The summed E-state index contributed by atoms with van der Waals surface area (Å²) in [7, 11) is 3.31. The van der Waals surface area contributed by atoms with Gasteiger partial charge < -0.3 is 24.8 Å². The largest absolute Gasteiger partial charge is 0.493 e. The topological polar surface area (TPSA) is 102 Å². The van der Waals surface area contributed by atoms with Crippen LogP contribution in [0.15, 0.2) is 97.2 Å². The van der Waals surface area contributed by atoms with Crippen LogP contribution < -0.4 is 24.8 Å². The summed E-state index contributed by atoms with van der Waals surface area (Å²) >= 11 is 0. The van der Waals surface area contributed by atoms with E-state index in [2.05, 4.69) is 32.7 Å². The van der Waals surface area contributed by atoms with Gasteiger partial charge in [0.2, 0.25) is 0 Å². The lowest BCUT2D eigenvalue weighted by Gasteiger charge is -2.29. The molecule has 0 unspecified atom stereocenters. The summed E-state index contributed by atoms with van der Waals surface area (Å²) in [5.41, 5.74) is 5.11. The van der Waals surface area contributed by atoms with Crippen LogP contribution in [-0.4, -0.2) is 55.6 Å². The van der Waals surface area contributed by atoms with Crippen LogP contribution in [0.1, 0.15) is 31.8 Å². The first-order chi connectivity index (χ1) is 22.0. The van der Waals surface area contributed by atoms with Gasteiger partial charge in [0.1, 0.15) is 12.4 Å². The molecule has 0 saturated heterocycles. The van der Waals surface area contributed by atoms with Crippen molar-refractivity contribution in [2.45, 2.75) is 13.0 Å². The number of amides is 2. The average Bonchev–Trinajstić information content (AvgIpc) is 3.08. The number of fused-ring (bicyclic) bond motifs is 2. The molecule has 5 aromatic rings. The number of nitrogens with one attached hydrogen (secondary N) is 2. The maximum atomic E-state index is 13.2. The van der Waals surface area contributed by atoms with Crippen LogP contribution in [0.4, 0.5) is 11.4 Å². The van der Waals surface area contributed by atoms with E-state index < -0.39 is 0 Å². The third kappa shape index (κ3) is 6.89. The number of benzene rings is 4. The SMILES string of the molecule is COc1cc2c(cc1OC)CN(CCOc1ccc(NC(=O)c3ccccc3NC(=O)c3cnc4ccccc4c3)cc1)CC2. The number of aromatic nitrogens is 1. The van der Waals surface area contributed by atoms with Gasteiger partial charge in [-0.15, -0.1) is 0 Å². The van der Waals surface area contributed by atoms with Gasteiger partial charge in [0.25, 0.3) is 11.8 Å². The van der Waals surface area contributed by atoms with Gasteiger partial charge in [-0.05, 0) is 78.2 Å². The highest BCUT2D eigenvalue weighted by Gasteiger charge is 2.20. The van der Waals surface area contributed by atoms with Crippen LogP contribution in [0.5, 0.6) is 17.2 Å². The Morgan fingerprint density at radius 1 is 0.822 bits per heavy atom. The van der Waals surface area contributed by atoms with E-state index in [1.54, 1.807) is 56.7 Å². The summed E-state index contributed by atoms with van der Waals surface area (Å²) in [6, 6.07) is 27.7. The Bertz CT molecular complexity index is 1840. The van der Waals surface area contributed by atoms with Gasteiger partial charge in [-0.25, -0.2) is 0 Å². The van der Waals surface area contributed by atoms with Crippen molar-refractivity contribution >= 4 is 34.1 Å². The first-order valence-electron chi connectivity index (χ1n) is 14.8. The number of carbonyl (C=O) groups excluding carboxylic acids is 2. The molecule has 228 valence electrons. The zero-order chi connectivity index (χ0) is 31.2. The quantitative estimate of drug-likeness (QED) is 0.196. The summed E-state index contributed by atoms with van der Waals surface area (Å²) in [5.74, 6) is 1.54. The number of ether oxygens (including phenoxy) is 3. The number of anilines is 2. The van der Waals surface area contributed by atoms with E-state index in [0.29, 0.717) is 34.9 Å². The second-order valence-corrected chi connectivity index (χ2v) is 10.7. The number of methoxy groups -OCH3 is 2. The molecule has 0 saturated carbocycles. The molecule has 0 radical (unpaired) electrons. The molecular formula is C36H34N4O5. The minimum Gasteiger partial charge on any atom is -0.493 e. The lowest BCUT2D eigenvalue weighted by atomic mass is 9.99. The standard InChI is InChI=1S/C36H34N4O5/c1-43-33-20-24-15-16-40(23-27(24)21-34(33)44-2)17-18-45-29-13-11-28(12-14-29)38-36(42)30-8-4-6-10-32(30)39-35(41)26-19-25-7-3-5-9-31(25)37-22-26/h3-14,19-22H,15-18,23H2,1-2H3,(H,38,42)(H,39,41). The van der Waals surface area contributed by atoms with Crippen LogP contribution >= 0.6 is 0 Å². The number of carbonyl (C=O) groups is 2. The molecule has 2 heterocycles. The summed E-state index contributed by atoms with van der Waals surface area (Å²) in [5, 5.41) is 6.63. The summed E-state index contributed by atoms with van der Waals surface area (Å²) < 4.78 is 16.9. The Balaban J connectivity index is 1.02. The predicted octanol–water partition coefficient (Wildman–Crippen LogP) is 6.19. The molecular weight excluding hydrogens is 568 g/mol. The monoisotopic (exact) mass is 602 g/mol. The first kappa shape index (κ1) is 29.7. The molecule has 1 aliphatic heterocycles. The highest BCUT2D eigenvalue weighted by Crippen LogP contribution is 2.33. The van der Waals surface area contributed by atoms with Crippen LogP contribution in [0, 0.1) is 0 Å². The van der Waals surface area contributed by atoms with Gasteiger partial charge >= 0.3 is 0 Å². The lowest BCUT2D eigenvalue weighted by Crippen LogP contribution is -2.33. The van der Waals surface area contributed by atoms with Gasteiger partial charge in [0.15, 0.2) is 11.5 Å². The number of para-hydroxylation sites is 2. The summed E-state index contributed by atoms with van der Waals surface area (Å²) in [6.45, 7) is 3.08. The van der Waals surface area contributed by atoms with Crippen LogP contribution in [-0.2, 0) is 13.0 Å². The Hall–Kier alpha value is -5.41. The van der Waals surface area contributed by atoms with E-state index >= 15 is 0 Å². The van der Waals surface area contributed by atoms with Gasteiger partial charge in [-0.2, -0.15) is 0 Å². The lowest BCUT2D eigenvalue weighted by molar-refractivity contribution is 0.102. The van der Waals surface area contributed by atoms with Gasteiger partial charge in [0.05, 0.1) is 36.6 Å². The molecule has 9 heteroatoms. The minimum absolute atomic E-state index is 0.337. The molecule has 0 fully saturated rings. The smallest absolute Gasteiger partial charge is 0.257 e. The van der Waals surface area contributed by atoms with Crippen molar-refractivity contribution in [3.05, 3.63) is 119 Å². The second-order valence-electron chi connectivity index (χ2n) is 10.7. The third-order valence-electron chi connectivity index (χ3n) is 7.86. The van der Waals surface area contributed by atoms with Crippen LogP contribution in [0.3, 0.4) is 0 Å². The molecule has 1 aliphatic rings. The average molecular weight is 603 g/mol. The third-order valence-corrected chi connectivity index (χ3v) is 7.86. The van der Waals surface area contributed by atoms with E-state index in [9.17, 15) is 9.59 Å². The van der Waals surface area contributed by atoms with Crippen molar-refractivity contribution in [1.29, 1.82) is 0 Å². The molecule has 0 spiro atoms. The Morgan fingerprint density at radius 3 is 2.36 bits per heavy atom. The molecule has 0 aliphatic carbocycles. The van der Waals surface area contributed by atoms with Crippen molar-refractivity contribution in [2.75, 3.05) is 44.5 Å². The zero-order valence-corrected chi connectivity index (χ0v) is 25.2. The zero-order valence-electron chi connectivity index (χ0n) is 25.2. The molecule has 0 bridgehead atoms. The van der Waals surface area contributed by atoms with Gasteiger partial charge in [-0.1, -0.05) is 30.3 Å². The van der Waals surface area contributed by atoms with Crippen molar-refractivity contribution in [1.82, 2.24) is 9.88 Å². The van der Waals surface area contributed by atoms with Crippen molar-refractivity contribution in [3.8, 4) is 17.2 Å². The van der Waals surface area contributed by atoms with Crippen LogP contribution in [0.25, 0.3) is 10.9 Å². The summed E-state index contributed by atoms with van der Waals surface area (Å²) in [4.78, 5) is 32.9. The highest BCUT2D eigenvalue weighted by atomic mass is 16.5.